The fourth-order valence-corrected chi connectivity index (χ4v) is 3.15. The van der Waals surface area contributed by atoms with Crippen molar-refractivity contribution in [1.82, 2.24) is 10.6 Å². The number of Topliss-reactive ketones (excluding diaryl/α,β-unsaturated/α-hetero) is 1. The second-order valence-corrected chi connectivity index (χ2v) is 8.52. The Morgan fingerprint density at radius 3 is 1.51 bits per heavy atom. The zero-order valence-electron chi connectivity index (χ0n) is 22.0. The van der Waals surface area contributed by atoms with Crippen molar-refractivity contribution in [2.75, 3.05) is 40.2 Å². The number of rotatable bonds is 23. The number of hydrogen-bond acceptors (Lipinski definition) is 10. The van der Waals surface area contributed by atoms with E-state index in [1.807, 2.05) is 6.92 Å². The van der Waals surface area contributed by atoms with Crippen molar-refractivity contribution >= 4 is 23.7 Å². The van der Waals surface area contributed by atoms with Crippen molar-refractivity contribution in [3.63, 3.8) is 0 Å². The van der Waals surface area contributed by atoms with Crippen molar-refractivity contribution < 1.29 is 38.1 Å². The van der Waals surface area contributed by atoms with Crippen LogP contribution in [0.2, 0.25) is 0 Å². The maximum absolute atomic E-state index is 12.0. The van der Waals surface area contributed by atoms with Crippen LogP contribution in [0.1, 0.15) is 85.0 Å². The molecule has 0 unspecified atom stereocenters. The molecule has 0 aliphatic heterocycles. The summed E-state index contributed by atoms with van der Waals surface area (Å²) in [6.07, 6.45) is 5.02. The van der Waals surface area contributed by atoms with Crippen LogP contribution >= 0.6 is 0 Å². The standard InChI is InChI=1S/C25H46N2O8/c1-5-21(17-32-4)26-15-16-27-22(6-2)18-33-23(29)12-9-10-14-25(31)35-19-34-24(30)13-8-7-11-20(3)28/h21-22,26-27H,5-19H2,1-4H3/t21-,22-/m1/s1. The van der Waals surface area contributed by atoms with Gasteiger partial charge < -0.3 is 34.4 Å². The van der Waals surface area contributed by atoms with E-state index in [1.165, 1.54) is 6.92 Å². The van der Waals surface area contributed by atoms with Crippen LogP contribution < -0.4 is 10.6 Å². The molecule has 0 amide bonds. The third-order valence-corrected chi connectivity index (χ3v) is 5.40. The summed E-state index contributed by atoms with van der Waals surface area (Å²) in [4.78, 5) is 46.0. The van der Waals surface area contributed by atoms with Gasteiger partial charge in [0.05, 0.1) is 6.61 Å². The smallest absolute Gasteiger partial charge is 0.308 e. The number of nitrogens with one attached hydrogen (secondary N) is 2. The van der Waals surface area contributed by atoms with Gasteiger partial charge in [-0.1, -0.05) is 13.8 Å². The van der Waals surface area contributed by atoms with Crippen molar-refractivity contribution in [3.8, 4) is 0 Å². The summed E-state index contributed by atoms with van der Waals surface area (Å²) in [6.45, 7) is 7.81. The van der Waals surface area contributed by atoms with Gasteiger partial charge in [-0.3, -0.25) is 14.4 Å². The second-order valence-electron chi connectivity index (χ2n) is 8.52. The molecular formula is C25H46N2O8. The lowest BCUT2D eigenvalue weighted by Crippen LogP contribution is -2.41. The Balaban J connectivity index is 3.76. The number of unbranched alkanes of at least 4 members (excludes halogenated alkanes) is 2. The summed E-state index contributed by atoms with van der Waals surface area (Å²) in [5, 5.41) is 6.81. The van der Waals surface area contributed by atoms with Crippen molar-refractivity contribution in [3.05, 3.63) is 0 Å². The first-order valence-electron chi connectivity index (χ1n) is 12.7. The Morgan fingerprint density at radius 2 is 1.09 bits per heavy atom. The molecule has 2 N–H and O–H groups in total. The highest BCUT2D eigenvalue weighted by atomic mass is 16.7. The first kappa shape index (κ1) is 33.0. The Labute approximate surface area is 210 Å². The molecule has 0 aliphatic rings. The summed E-state index contributed by atoms with van der Waals surface area (Å²) < 4.78 is 20.2. The highest BCUT2D eigenvalue weighted by molar-refractivity contribution is 5.75. The molecule has 35 heavy (non-hydrogen) atoms. The van der Waals surface area contributed by atoms with Gasteiger partial charge in [-0.05, 0) is 45.4 Å². The van der Waals surface area contributed by atoms with Gasteiger partial charge in [-0.15, -0.1) is 0 Å². The van der Waals surface area contributed by atoms with Crippen molar-refractivity contribution in [2.45, 2.75) is 97.1 Å². The lowest BCUT2D eigenvalue weighted by Gasteiger charge is -2.19. The normalized spacial score (nSPS) is 12.6. The number of esters is 3. The molecule has 204 valence electrons. The van der Waals surface area contributed by atoms with Crippen LogP contribution in [0.5, 0.6) is 0 Å². The first-order chi connectivity index (χ1) is 16.8. The highest BCUT2D eigenvalue weighted by Crippen LogP contribution is 2.05. The van der Waals surface area contributed by atoms with Crippen molar-refractivity contribution in [2.24, 2.45) is 0 Å². The fourth-order valence-electron chi connectivity index (χ4n) is 3.15. The quantitative estimate of drug-likeness (QED) is 0.122. The molecule has 0 bridgehead atoms. The predicted octanol–water partition coefficient (Wildman–Crippen LogP) is 2.67. The third-order valence-electron chi connectivity index (χ3n) is 5.40. The van der Waals surface area contributed by atoms with Crippen LogP contribution in [0.25, 0.3) is 0 Å². The van der Waals surface area contributed by atoms with Gasteiger partial charge in [0.1, 0.15) is 12.4 Å². The number of ketones is 1. The van der Waals surface area contributed by atoms with Gasteiger partial charge in [0.2, 0.25) is 6.79 Å². The number of carbonyl (C=O) groups excluding carboxylic acids is 4. The van der Waals surface area contributed by atoms with E-state index in [9.17, 15) is 19.2 Å². The van der Waals surface area contributed by atoms with Crippen LogP contribution in [0.3, 0.4) is 0 Å². The van der Waals surface area contributed by atoms with E-state index in [-0.39, 0.29) is 37.1 Å². The number of carbonyl (C=O) groups is 4. The van der Waals surface area contributed by atoms with E-state index in [2.05, 4.69) is 17.6 Å². The molecule has 0 aromatic heterocycles. The number of hydrogen-bond donors (Lipinski definition) is 2. The minimum Gasteiger partial charge on any atom is -0.464 e. The third kappa shape index (κ3) is 21.0. The maximum atomic E-state index is 12.0. The lowest BCUT2D eigenvalue weighted by molar-refractivity contribution is -0.167. The molecular weight excluding hydrogens is 456 g/mol. The summed E-state index contributed by atoms with van der Waals surface area (Å²) in [7, 11) is 1.69. The summed E-state index contributed by atoms with van der Waals surface area (Å²) in [6, 6.07) is 0.427. The van der Waals surface area contributed by atoms with Crippen LogP contribution in [-0.2, 0) is 38.1 Å². The van der Waals surface area contributed by atoms with Crippen LogP contribution in [0, 0.1) is 0 Å². The molecule has 0 rings (SSSR count). The SMILES string of the molecule is CC[C@H](COC)NCCN[C@H](CC)COC(=O)CCCCC(=O)OCOC(=O)CCCCC(C)=O. The molecule has 0 saturated carbocycles. The Morgan fingerprint density at radius 1 is 0.657 bits per heavy atom. The number of methoxy groups -OCH3 is 1. The fraction of sp³-hybridized carbons (Fsp3) is 0.840. The van der Waals surface area contributed by atoms with Crippen LogP contribution in [-0.4, -0.2) is 76.0 Å². The summed E-state index contributed by atoms with van der Waals surface area (Å²) >= 11 is 0. The molecule has 10 heteroatoms. The zero-order chi connectivity index (χ0) is 26.3. The molecule has 2 atom stereocenters. The molecule has 0 heterocycles. The molecule has 10 nitrogen and oxygen atoms in total. The Hall–Kier alpha value is -2.04. The molecule has 0 aromatic carbocycles. The van der Waals surface area contributed by atoms with Crippen molar-refractivity contribution in [1.29, 1.82) is 0 Å². The molecule has 0 radical (unpaired) electrons. The first-order valence-corrected chi connectivity index (χ1v) is 12.7. The van der Waals surface area contributed by atoms with E-state index in [0.717, 1.165) is 25.9 Å². The second kappa shape index (κ2) is 22.4. The average Bonchev–Trinajstić information content (AvgIpc) is 2.83. The van der Waals surface area contributed by atoms with E-state index < -0.39 is 18.7 Å². The van der Waals surface area contributed by atoms with Gasteiger partial charge in [0, 0.05) is 58.0 Å². The van der Waals surface area contributed by atoms with Gasteiger partial charge in [-0.2, -0.15) is 0 Å². The van der Waals surface area contributed by atoms with E-state index >= 15 is 0 Å². The average molecular weight is 503 g/mol. The predicted molar refractivity (Wildman–Crippen MR) is 132 cm³/mol. The van der Waals surface area contributed by atoms with Gasteiger partial charge in [0.25, 0.3) is 0 Å². The molecule has 0 spiro atoms. The Bertz CT molecular complexity index is 600. The molecule has 0 saturated heterocycles. The molecule has 0 fully saturated rings. The van der Waals surface area contributed by atoms with Gasteiger partial charge in [-0.25, -0.2) is 0 Å². The number of ether oxygens (including phenoxy) is 4. The van der Waals surface area contributed by atoms with Gasteiger partial charge >= 0.3 is 17.9 Å². The van der Waals surface area contributed by atoms with E-state index in [4.69, 9.17) is 18.9 Å². The van der Waals surface area contributed by atoms with Crippen LogP contribution in [0.4, 0.5) is 0 Å². The zero-order valence-corrected chi connectivity index (χ0v) is 22.0. The topological polar surface area (TPSA) is 129 Å². The highest BCUT2D eigenvalue weighted by Gasteiger charge is 2.12. The Kier molecular flexibility index (Phi) is 21.1. The van der Waals surface area contributed by atoms with E-state index in [1.54, 1.807) is 7.11 Å². The molecule has 0 aliphatic carbocycles. The largest absolute Gasteiger partial charge is 0.464 e. The maximum Gasteiger partial charge on any atom is 0.308 e. The van der Waals surface area contributed by atoms with Crippen LogP contribution in [0.15, 0.2) is 0 Å². The van der Waals surface area contributed by atoms with Gasteiger partial charge in [0.15, 0.2) is 0 Å². The monoisotopic (exact) mass is 502 g/mol. The molecule has 0 aromatic rings. The minimum atomic E-state index is -0.484. The summed E-state index contributed by atoms with van der Waals surface area (Å²) in [5.74, 6) is -1.15. The summed E-state index contributed by atoms with van der Waals surface area (Å²) in [5.41, 5.74) is 0. The van der Waals surface area contributed by atoms with E-state index in [0.29, 0.717) is 51.4 Å². The minimum absolute atomic E-state index is 0.0885. The lowest BCUT2D eigenvalue weighted by atomic mass is 10.1.